The minimum Gasteiger partial charge on any atom is -0.462 e. The number of esters is 4. The molecule has 2 unspecified atom stereocenters. The molecule has 0 aromatic rings. The van der Waals surface area contributed by atoms with Gasteiger partial charge in [0.1, 0.15) is 19.3 Å². The summed E-state index contributed by atoms with van der Waals surface area (Å²) in [6.45, 7) is 9.55. The molecule has 94 heavy (non-hydrogen) atoms. The summed E-state index contributed by atoms with van der Waals surface area (Å²) in [5.74, 6) is -0.582. The number of hydrogen-bond acceptors (Lipinski definition) is 15. The predicted molar refractivity (Wildman–Crippen MR) is 381 cm³/mol. The van der Waals surface area contributed by atoms with Crippen molar-refractivity contribution in [2.75, 3.05) is 39.6 Å². The van der Waals surface area contributed by atoms with Gasteiger partial charge >= 0.3 is 39.5 Å². The standard InChI is InChI=1S/C75H146O17P2/c1-7-9-11-13-15-16-17-18-19-20-23-26-29-34-40-46-52-58-73(78)86-64-71(92-74(79)59-53-47-41-35-30-27-24-21-22-25-28-32-38-43-49-55-67(3)4)66-90-94(83,84)88-62-69(76)61-87-93(81,82)89-65-70(63-85-72(77)57-51-45-37-14-12-10-8-2)91-75(80)60-54-48-42-36-31-33-39-44-50-56-68(5)6/h67-71,76H,7-66H2,1-6H3,(H,81,82)(H,83,84)/t69-,70+,71+/m0/s1. The third-order valence-corrected chi connectivity index (χ3v) is 19.4. The molecule has 0 aromatic carbocycles. The number of unbranched alkanes of at least 4 members (excludes halogenated alkanes) is 44. The van der Waals surface area contributed by atoms with Crippen molar-refractivity contribution in [1.82, 2.24) is 0 Å². The highest BCUT2D eigenvalue weighted by Crippen LogP contribution is 2.45. The second-order valence-electron chi connectivity index (χ2n) is 28.0. The number of aliphatic hydroxyl groups is 1. The van der Waals surface area contributed by atoms with Crippen LogP contribution in [0.2, 0.25) is 0 Å². The number of ether oxygens (including phenoxy) is 4. The van der Waals surface area contributed by atoms with Gasteiger partial charge in [-0.2, -0.15) is 0 Å². The Labute approximate surface area is 575 Å². The molecule has 3 N–H and O–H groups in total. The third kappa shape index (κ3) is 68.6. The molecular weight excluding hydrogens is 1230 g/mol. The maximum Gasteiger partial charge on any atom is 0.472 e. The van der Waals surface area contributed by atoms with Crippen molar-refractivity contribution < 1.29 is 80.2 Å². The van der Waals surface area contributed by atoms with Gasteiger partial charge in [0.15, 0.2) is 12.2 Å². The number of carbonyl (C=O) groups is 4. The Morgan fingerprint density at radius 3 is 0.723 bits per heavy atom. The fourth-order valence-electron chi connectivity index (χ4n) is 11.5. The van der Waals surface area contributed by atoms with Gasteiger partial charge < -0.3 is 33.8 Å². The topological polar surface area (TPSA) is 237 Å². The first-order chi connectivity index (χ1) is 45.4. The second-order valence-corrected chi connectivity index (χ2v) is 30.9. The molecule has 0 aliphatic rings. The normalized spacial score (nSPS) is 14.0. The Morgan fingerprint density at radius 2 is 0.489 bits per heavy atom. The van der Waals surface area contributed by atoms with Crippen LogP contribution in [0.4, 0.5) is 0 Å². The van der Waals surface area contributed by atoms with E-state index in [1.165, 1.54) is 193 Å². The SMILES string of the molecule is CCCCCCCCCCCCCCCCCCCC(=O)OC[C@H](COP(=O)(O)OC[C@@H](O)COP(=O)(O)OC[C@@H](COC(=O)CCCCCCCCC)OC(=O)CCCCCCCCCCCC(C)C)OC(=O)CCCCCCCCCCCCCCCCCC(C)C. The zero-order valence-corrected chi connectivity index (χ0v) is 63.1. The molecule has 0 fully saturated rings. The summed E-state index contributed by atoms with van der Waals surface area (Å²) in [7, 11) is -9.90. The lowest BCUT2D eigenvalue weighted by molar-refractivity contribution is -0.161. The van der Waals surface area contributed by atoms with Gasteiger partial charge in [0, 0.05) is 25.7 Å². The summed E-state index contributed by atoms with van der Waals surface area (Å²) in [5.41, 5.74) is 0. The van der Waals surface area contributed by atoms with Gasteiger partial charge in [-0.15, -0.1) is 0 Å². The zero-order valence-electron chi connectivity index (χ0n) is 61.3. The van der Waals surface area contributed by atoms with E-state index >= 15 is 0 Å². The maximum atomic E-state index is 13.1. The molecule has 0 aromatic heterocycles. The quantitative estimate of drug-likeness (QED) is 0.0222. The molecular formula is C75H146O17P2. The Bertz CT molecular complexity index is 1820. The van der Waals surface area contributed by atoms with E-state index in [0.29, 0.717) is 25.7 Å². The van der Waals surface area contributed by atoms with Crippen LogP contribution in [0.15, 0.2) is 0 Å². The van der Waals surface area contributed by atoms with Crippen molar-refractivity contribution in [1.29, 1.82) is 0 Å². The molecule has 0 spiro atoms. The number of aliphatic hydroxyl groups excluding tert-OH is 1. The lowest BCUT2D eigenvalue weighted by Crippen LogP contribution is -2.30. The molecule has 0 radical (unpaired) electrons. The first kappa shape index (κ1) is 92.1. The van der Waals surface area contributed by atoms with Gasteiger partial charge in [-0.1, -0.05) is 337 Å². The summed E-state index contributed by atoms with van der Waals surface area (Å²) in [6.07, 6.45) is 54.3. The first-order valence-corrected chi connectivity index (χ1v) is 42.0. The van der Waals surface area contributed by atoms with Gasteiger partial charge in [0.2, 0.25) is 0 Å². The molecule has 0 amide bonds. The van der Waals surface area contributed by atoms with Crippen LogP contribution < -0.4 is 0 Å². The van der Waals surface area contributed by atoms with E-state index in [1.54, 1.807) is 0 Å². The van der Waals surface area contributed by atoms with Gasteiger partial charge in [-0.3, -0.25) is 37.3 Å². The summed E-state index contributed by atoms with van der Waals surface area (Å²) in [5, 5.41) is 10.6. The van der Waals surface area contributed by atoms with E-state index in [0.717, 1.165) is 115 Å². The van der Waals surface area contributed by atoms with Crippen LogP contribution in [0.1, 0.15) is 388 Å². The highest BCUT2D eigenvalue weighted by atomic mass is 31.2. The molecule has 19 heteroatoms. The van der Waals surface area contributed by atoms with Crippen molar-refractivity contribution in [2.45, 2.75) is 407 Å². The minimum absolute atomic E-state index is 0.105. The lowest BCUT2D eigenvalue weighted by atomic mass is 10.0. The van der Waals surface area contributed by atoms with E-state index < -0.39 is 97.5 Å². The molecule has 0 saturated carbocycles. The van der Waals surface area contributed by atoms with E-state index in [2.05, 4.69) is 41.5 Å². The lowest BCUT2D eigenvalue weighted by Gasteiger charge is -2.21. The van der Waals surface area contributed by atoms with Crippen molar-refractivity contribution in [2.24, 2.45) is 11.8 Å². The Morgan fingerprint density at radius 1 is 0.287 bits per heavy atom. The summed E-state index contributed by atoms with van der Waals surface area (Å²) < 4.78 is 68.4. The molecule has 0 saturated heterocycles. The van der Waals surface area contributed by atoms with Crippen molar-refractivity contribution in [3.8, 4) is 0 Å². The molecule has 0 aliphatic heterocycles. The Hall–Kier alpha value is -1.94. The number of hydrogen-bond donors (Lipinski definition) is 3. The van der Waals surface area contributed by atoms with Gasteiger partial charge in [-0.05, 0) is 37.5 Å². The Kier molecular flexibility index (Phi) is 65.5. The monoisotopic (exact) mass is 1380 g/mol. The van der Waals surface area contributed by atoms with Crippen LogP contribution in [0.3, 0.4) is 0 Å². The van der Waals surface area contributed by atoms with Crippen molar-refractivity contribution >= 4 is 39.5 Å². The molecule has 0 rings (SSSR count). The van der Waals surface area contributed by atoms with Crippen LogP contribution in [0.25, 0.3) is 0 Å². The summed E-state index contributed by atoms with van der Waals surface area (Å²) in [4.78, 5) is 72.6. The fraction of sp³-hybridized carbons (Fsp3) is 0.947. The Balaban J connectivity index is 5.19. The molecule has 0 bridgehead atoms. The molecule has 5 atom stereocenters. The van der Waals surface area contributed by atoms with Gasteiger partial charge in [-0.25, -0.2) is 9.13 Å². The van der Waals surface area contributed by atoms with Crippen molar-refractivity contribution in [3.63, 3.8) is 0 Å². The van der Waals surface area contributed by atoms with E-state index in [1.807, 2.05) is 0 Å². The van der Waals surface area contributed by atoms with E-state index in [9.17, 15) is 43.2 Å². The van der Waals surface area contributed by atoms with Crippen LogP contribution in [0, 0.1) is 11.8 Å². The smallest absolute Gasteiger partial charge is 0.462 e. The van der Waals surface area contributed by atoms with E-state index in [4.69, 9.17) is 37.0 Å². The number of phosphoric ester groups is 2. The molecule has 0 aliphatic carbocycles. The maximum absolute atomic E-state index is 13.1. The second kappa shape index (κ2) is 66.9. The van der Waals surface area contributed by atoms with Crippen LogP contribution >= 0.6 is 15.6 Å². The largest absolute Gasteiger partial charge is 0.472 e. The number of carbonyl (C=O) groups excluding carboxylic acids is 4. The highest BCUT2D eigenvalue weighted by Gasteiger charge is 2.30. The molecule has 558 valence electrons. The third-order valence-electron chi connectivity index (χ3n) is 17.5. The van der Waals surface area contributed by atoms with Gasteiger partial charge in [0.25, 0.3) is 0 Å². The average molecular weight is 1380 g/mol. The first-order valence-electron chi connectivity index (χ1n) is 39.0. The zero-order chi connectivity index (χ0) is 69.3. The molecule has 0 heterocycles. The number of phosphoric acid groups is 2. The number of rotatable bonds is 74. The predicted octanol–water partition coefficient (Wildman–Crippen LogP) is 21.9. The summed E-state index contributed by atoms with van der Waals surface area (Å²) in [6, 6.07) is 0. The molecule has 17 nitrogen and oxygen atoms in total. The van der Waals surface area contributed by atoms with Crippen LogP contribution in [-0.4, -0.2) is 96.7 Å². The summed E-state index contributed by atoms with van der Waals surface area (Å²) >= 11 is 0. The van der Waals surface area contributed by atoms with E-state index in [-0.39, 0.29) is 25.7 Å². The average Bonchev–Trinajstić information content (AvgIpc) is 1.64. The van der Waals surface area contributed by atoms with Crippen LogP contribution in [0.5, 0.6) is 0 Å². The van der Waals surface area contributed by atoms with Crippen molar-refractivity contribution in [3.05, 3.63) is 0 Å². The van der Waals surface area contributed by atoms with Gasteiger partial charge in [0.05, 0.1) is 26.4 Å². The van der Waals surface area contributed by atoms with Crippen LogP contribution in [-0.2, 0) is 65.4 Å². The highest BCUT2D eigenvalue weighted by molar-refractivity contribution is 7.47. The fourth-order valence-corrected chi connectivity index (χ4v) is 13.1. The minimum atomic E-state index is -4.96.